The van der Waals surface area contributed by atoms with Crippen LogP contribution in [0.1, 0.15) is 21.3 Å². The fourth-order valence-corrected chi connectivity index (χ4v) is 6.75. The molecule has 58 heavy (non-hydrogen) atoms. The van der Waals surface area contributed by atoms with Crippen molar-refractivity contribution in [1.82, 2.24) is 44.9 Å². The van der Waals surface area contributed by atoms with Crippen LogP contribution in [0.25, 0.3) is 22.2 Å². The molecule has 0 spiro atoms. The maximum atomic E-state index is 13.0. The number of H-pyrrole nitrogens is 1. The van der Waals surface area contributed by atoms with Crippen molar-refractivity contribution in [2.24, 2.45) is 5.92 Å². The van der Waals surface area contributed by atoms with E-state index in [-0.39, 0.29) is 38.4 Å². The number of thiazole rings is 1. The van der Waals surface area contributed by atoms with Crippen LogP contribution in [0.5, 0.6) is 0 Å². The van der Waals surface area contributed by atoms with E-state index in [2.05, 4.69) is 50.2 Å². The van der Waals surface area contributed by atoms with Gasteiger partial charge in [0.05, 0.1) is 18.0 Å². The number of hydrogen-bond donors (Lipinski definition) is 6. The minimum Gasteiger partial charge on any atom is -0.423 e. The quantitative estimate of drug-likeness (QED) is 0.118. The Labute approximate surface area is 340 Å². The van der Waals surface area contributed by atoms with Crippen molar-refractivity contribution in [3.63, 3.8) is 0 Å². The number of carbonyl (C=O) groups excluding carboxylic acids is 2. The van der Waals surface area contributed by atoms with Gasteiger partial charge in [0.2, 0.25) is 11.8 Å². The molecular formula is C37H46B2FN11O6S. The monoisotopic (exact) mass is 813 g/mol. The summed E-state index contributed by atoms with van der Waals surface area (Å²) in [5.41, 5.74) is 3.72. The molecule has 17 nitrogen and oxygen atoms in total. The van der Waals surface area contributed by atoms with E-state index < -0.39 is 14.2 Å². The van der Waals surface area contributed by atoms with Crippen LogP contribution < -0.4 is 21.1 Å². The van der Waals surface area contributed by atoms with E-state index in [1.165, 1.54) is 49.3 Å². The fraction of sp³-hybridized carbons (Fsp3) is 0.297. The van der Waals surface area contributed by atoms with Gasteiger partial charge in [0, 0.05) is 91.2 Å². The lowest BCUT2D eigenvalue weighted by atomic mass is 9.80. The minimum absolute atomic E-state index is 0. The average molecular weight is 814 g/mol. The summed E-state index contributed by atoms with van der Waals surface area (Å²) in [6.45, 7) is 4.66. The van der Waals surface area contributed by atoms with Crippen molar-refractivity contribution in [1.29, 1.82) is 0 Å². The summed E-state index contributed by atoms with van der Waals surface area (Å²) in [7, 11) is -2.98. The number of piperazine rings is 1. The highest BCUT2D eigenvalue weighted by molar-refractivity contribution is 7.13. The Morgan fingerprint density at radius 1 is 0.862 bits per heavy atom. The maximum Gasteiger partial charge on any atom is 0.491 e. The van der Waals surface area contributed by atoms with Crippen LogP contribution in [0.3, 0.4) is 0 Å². The molecule has 1 atom stereocenters. The number of benzene rings is 2. The first-order chi connectivity index (χ1) is 27.1. The summed E-state index contributed by atoms with van der Waals surface area (Å²) in [5.74, 6) is -0.442. The third-order valence-corrected chi connectivity index (χ3v) is 9.87. The molecule has 0 saturated carbocycles. The van der Waals surface area contributed by atoms with Gasteiger partial charge in [-0.05, 0) is 48.8 Å². The molecule has 21 heteroatoms. The number of hydrogen-bond acceptors (Lipinski definition) is 15. The van der Waals surface area contributed by atoms with Gasteiger partial charge in [0.1, 0.15) is 24.2 Å². The van der Waals surface area contributed by atoms with E-state index >= 15 is 0 Å². The first-order valence-corrected chi connectivity index (χ1v) is 18.4. The Morgan fingerprint density at radius 2 is 1.52 bits per heavy atom. The normalized spacial score (nSPS) is 14.8. The van der Waals surface area contributed by atoms with Crippen LogP contribution in [0, 0.1) is 11.7 Å². The average Bonchev–Trinajstić information content (AvgIpc) is 4.02. The SMILES string of the molecule is C.C.O=C(Nc1ccc2[nH]nc(-c3cncnc3)c2c1)[C@@H]1CCN(CC(=O)N2CCN(c3nccs3)CC2)C1.OB(O)c1ccc(F)cc1.OB(O)c1cncnc1. The molecule has 2 aromatic carbocycles. The Kier molecular flexibility index (Phi) is 16.9. The molecule has 0 unspecified atom stereocenters. The van der Waals surface area contributed by atoms with E-state index in [9.17, 15) is 14.0 Å². The van der Waals surface area contributed by atoms with Gasteiger partial charge in [-0.2, -0.15) is 5.10 Å². The Bertz CT molecular complexity index is 2150. The third-order valence-electron chi connectivity index (χ3n) is 9.04. The molecule has 8 rings (SSSR count). The number of carbonyl (C=O) groups is 2. The number of rotatable bonds is 8. The molecule has 6 heterocycles. The molecule has 0 radical (unpaired) electrons. The predicted molar refractivity (Wildman–Crippen MR) is 223 cm³/mol. The highest BCUT2D eigenvalue weighted by Gasteiger charge is 2.31. The Balaban J connectivity index is 0.000000292. The van der Waals surface area contributed by atoms with Crippen LogP contribution in [-0.4, -0.2) is 137 Å². The van der Waals surface area contributed by atoms with Crippen LogP contribution in [0.4, 0.5) is 15.2 Å². The Hall–Kier alpha value is -5.70. The number of likely N-dealkylation sites (tertiary alicyclic amines) is 1. The van der Waals surface area contributed by atoms with Gasteiger partial charge in [0.15, 0.2) is 5.13 Å². The van der Waals surface area contributed by atoms with Crippen LogP contribution in [-0.2, 0) is 9.59 Å². The summed E-state index contributed by atoms with van der Waals surface area (Å²) in [4.78, 5) is 51.8. The van der Waals surface area contributed by atoms with E-state index in [4.69, 9.17) is 20.1 Å². The molecule has 6 N–H and O–H groups in total. The summed E-state index contributed by atoms with van der Waals surface area (Å²) < 4.78 is 12.2. The maximum absolute atomic E-state index is 13.0. The first-order valence-electron chi connectivity index (χ1n) is 17.6. The molecule has 2 aliphatic rings. The lowest BCUT2D eigenvalue weighted by Gasteiger charge is -2.35. The van der Waals surface area contributed by atoms with E-state index in [1.54, 1.807) is 23.7 Å². The zero-order chi connectivity index (χ0) is 39.4. The number of nitrogens with zero attached hydrogens (tertiary/aromatic N) is 9. The topological polar surface area (TPSA) is 230 Å². The van der Waals surface area contributed by atoms with Crippen molar-refractivity contribution in [2.75, 3.05) is 56.0 Å². The van der Waals surface area contributed by atoms with Crippen LogP contribution in [0.15, 0.2) is 91.5 Å². The number of halogens is 1. The lowest BCUT2D eigenvalue weighted by Crippen LogP contribution is -2.51. The molecule has 0 aliphatic carbocycles. The highest BCUT2D eigenvalue weighted by atomic mass is 32.1. The molecule has 0 bridgehead atoms. The van der Waals surface area contributed by atoms with Crippen molar-refractivity contribution in [2.45, 2.75) is 21.3 Å². The van der Waals surface area contributed by atoms with Crippen LogP contribution >= 0.6 is 11.3 Å². The fourth-order valence-electron chi connectivity index (χ4n) is 6.06. The Morgan fingerprint density at radius 3 is 2.12 bits per heavy atom. The summed E-state index contributed by atoms with van der Waals surface area (Å²) >= 11 is 1.62. The van der Waals surface area contributed by atoms with Gasteiger partial charge in [-0.15, -0.1) is 11.3 Å². The molecular weight excluding hydrogens is 767 g/mol. The number of fused-ring (bicyclic) bond motifs is 1. The molecule has 2 aliphatic heterocycles. The molecule has 2 saturated heterocycles. The molecule has 2 fully saturated rings. The number of anilines is 2. The van der Waals surface area contributed by atoms with Gasteiger partial charge in [-0.1, -0.05) is 27.0 Å². The second kappa shape index (κ2) is 21.7. The van der Waals surface area contributed by atoms with Gasteiger partial charge >= 0.3 is 14.2 Å². The van der Waals surface area contributed by atoms with Crippen molar-refractivity contribution < 1.29 is 34.1 Å². The van der Waals surface area contributed by atoms with Crippen molar-refractivity contribution in [3.05, 3.63) is 97.3 Å². The largest absolute Gasteiger partial charge is 0.491 e. The van der Waals surface area contributed by atoms with Gasteiger partial charge in [0.25, 0.3) is 0 Å². The smallest absolute Gasteiger partial charge is 0.423 e. The number of aromatic nitrogens is 7. The number of amides is 2. The van der Waals surface area contributed by atoms with Crippen LogP contribution in [0.2, 0.25) is 0 Å². The second-order valence-electron chi connectivity index (χ2n) is 12.8. The van der Waals surface area contributed by atoms with Gasteiger partial charge in [-0.25, -0.2) is 29.3 Å². The summed E-state index contributed by atoms with van der Waals surface area (Å²) in [6.07, 6.45) is 11.5. The summed E-state index contributed by atoms with van der Waals surface area (Å²) in [6, 6.07) is 10.7. The van der Waals surface area contributed by atoms with Crippen molar-refractivity contribution >= 4 is 70.0 Å². The number of aromatic amines is 1. The second-order valence-corrected chi connectivity index (χ2v) is 13.7. The molecule has 6 aromatic rings. The zero-order valence-electron chi connectivity index (χ0n) is 30.0. The minimum atomic E-state index is -1.51. The molecule has 2 amide bonds. The lowest BCUT2D eigenvalue weighted by molar-refractivity contribution is -0.132. The zero-order valence-corrected chi connectivity index (χ0v) is 30.8. The third kappa shape index (κ3) is 12.2. The highest BCUT2D eigenvalue weighted by Crippen LogP contribution is 2.28. The standard InChI is InChI=1S/C25H27N9O2S.C6H6BFO2.C4H5BN2O2.2CH4/c35-22(33-6-8-34(9-7-33)25-28-4-10-37-25)15-32-5-3-17(14-32)24(36)29-19-1-2-21-20(11-19)23(31-30-21)18-12-26-16-27-13-18;8-6-3-1-5(2-4-6)7(9)10;8-5(9)4-1-6-3-7-2-4;;/h1-2,4,10-13,16-17H,3,5-9,14-15H2,(H,29,36)(H,30,31);1-4,9-10H;1-3,8-9H;2*1H4/t17-;;;;/m1..../s1. The number of nitrogens with one attached hydrogen (secondary N) is 2. The van der Waals surface area contributed by atoms with E-state index in [1.807, 2.05) is 34.7 Å². The van der Waals surface area contributed by atoms with Gasteiger partial charge in [-0.3, -0.25) is 19.6 Å². The van der Waals surface area contributed by atoms with Crippen molar-refractivity contribution in [3.8, 4) is 11.3 Å². The van der Waals surface area contributed by atoms with E-state index in [0.717, 1.165) is 53.3 Å². The first kappa shape index (κ1) is 45.0. The molecule has 304 valence electrons. The van der Waals surface area contributed by atoms with Gasteiger partial charge < -0.3 is 35.2 Å². The molecule has 4 aromatic heterocycles. The predicted octanol–water partition coefficient (Wildman–Crippen LogP) is 1.02. The van der Waals surface area contributed by atoms with E-state index in [0.29, 0.717) is 42.8 Å². The summed E-state index contributed by atoms with van der Waals surface area (Å²) in [5, 5.41) is 48.4.